The van der Waals surface area contributed by atoms with Crippen LogP contribution in [0.3, 0.4) is 0 Å². The summed E-state index contributed by atoms with van der Waals surface area (Å²) in [5.41, 5.74) is 1.30. The highest BCUT2D eigenvalue weighted by atomic mass is 19.4. The molecule has 0 aliphatic heterocycles. The van der Waals surface area contributed by atoms with E-state index in [0.717, 1.165) is 48.6 Å². The first-order valence-corrected chi connectivity index (χ1v) is 14.7. The summed E-state index contributed by atoms with van der Waals surface area (Å²) in [5, 5.41) is 0. The van der Waals surface area contributed by atoms with E-state index in [4.69, 9.17) is 0 Å². The maximum atomic E-state index is 15.2. The lowest BCUT2D eigenvalue weighted by atomic mass is 9.97. The Balaban J connectivity index is 1.32. The molecule has 1 aromatic heterocycles. The number of pyridine rings is 1. The molecule has 0 atom stereocenters. The van der Waals surface area contributed by atoms with Crippen LogP contribution in [0.25, 0.3) is 33.5 Å². The lowest BCUT2D eigenvalue weighted by Gasteiger charge is -2.20. The van der Waals surface area contributed by atoms with Gasteiger partial charge in [0.1, 0.15) is 28.8 Å². The van der Waals surface area contributed by atoms with Crippen molar-refractivity contribution in [3.8, 4) is 45.0 Å². The molecule has 3 nitrogen and oxygen atoms in total. The van der Waals surface area contributed by atoms with Gasteiger partial charge in [-0.2, -0.15) is 8.78 Å². The van der Waals surface area contributed by atoms with Gasteiger partial charge in [0.2, 0.25) is 0 Å². The molecule has 0 amide bonds. The molecule has 0 saturated heterocycles. The van der Waals surface area contributed by atoms with Crippen LogP contribution in [-0.4, -0.2) is 11.3 Å². The predicted molar refractivity (Wildman–Crippen MR) is 161 cm³/mol. The van der Waals surface area contributed by atoms with Crippen molar-refractivity contribution in [2.45, 2.75) is 45.1 Å². The molecule has 5 rings (SSSR count). The van der Waals surface area contributed by atoms with Crippen molar-refractivity contribution in [2.24, 2.45) is 0 Å². The van der Waals surface area contributed by atoms with Crippen molar-refractivity contribution < 1.29 is 49.0 Å². The number of ether oxygens (including phenoxy) is 2. The summed E-state index contributed by atoms with van der Waals surface area (Å²) in [4.78, 5) is 4.53. The van der Waals surface area contributed by atoms with E-state index >= 15 is 4.39 Å². The molecule has 5 aromatic rings. The standard InChI is InChI=1S/C36H26F9NO2/c1-2-3-4-5-21-6-14-32(46-20-21)23-9-7-22(8-10-23)24-11-13-27(28(37)16-24)25-17-30(39)34(31(40)18-25)35(41,42)47-26-12-15-33(29(38)19-26)48-36(43,44)45/h6-20H,2-5H2,1H3. The average molecular weight is 676 g/mol. The zero-order valence-electron chi connectivity index (χ0n) is 25.2. The van der Waals surface area contributed by atoms with Crippen LogP contribution in [-0.2, 0) is 12.5 Å². The molecule has 0 saturated carbocycles. The third-order valence-corrected chi connectivity index (χ3v) is 7.40. The number of aryl methyl sites for hydroxylation is 1. The van der Waals surface area contributed by atoms with Gasteiger partial charge in [-0.05, 0) is 71.5 Å². The highest BCUT2D eigenvalue weighted by Crippen LogP contribution is 2.39. The number of halogens is 9. The maximum Gasteiger partial charge on any atom is 0.573 e. The largest absolute Gasteiger partial charge is 0.573 e. The molecule has 0 radical (unpaired) electrons. The zero-order chi connectivity index (χ0) is 34.6. The normalized spacial score (nSPS) is 11.9. The highest BCUT2D eigenvalue weighted by Gasteiger charge is 2.42. The van der Waals surface area contributed by atoms with Crippen LogP contribution in [0.2, 0.25) is 0 Å². The van der Waals surface area contributed by atoms with Gasteiger partial charge in [0, 0.05) is 23.4 Å². The number of alkyl halides is 5. The van der Waals surface area contributed by atoms with Crippen molar-refractivity contribution in [2.75, 3.05) is 0 Å². The van der Waals surface area contributed by atoms with Crippen LogP contribution >= 0.6 is 0 Å². The van der Waals surface area contributed by atoms with E-state index in [0.29, 0.717) is 35.4 Å². The fourth-order valence-corrected chi connectivity index (χ4v) is 5.04. The van der Waals surface area contributed by atoms with Crippen molar-refractivity contribution in [1.29, 1.82) is 0 Å². The van der Waals surface area contributed by atoms with E-state index in [1.54, 1.807) is 12.1 Å². The molecule has 0 bridgehead atoms. The molecule has 0 aliphatic rings. The van der Waals surface area contributed by atoms with Crippen LogP contribution in [0.4, 0.5) is 39.5 Å². The second kappa shape index (κ2) is 14.0. The summed E-state index contributed by atoms with van der Waals surface area (Å²) < 4.78 is 133. The van der Waals surface area contributed by atoms with Gasteiger partial charge in [0.25, 0.3) is 0 Å². The van der Waals surface area contributed by atoms with Crippen LogP contribution in [0.1, 0.15) is 37.3 Å². The van der Waals surface area contributed by atoms with E-state index in [9.17, 15) is 35.1 Å². The minimum absolute atomic E-state index is 0.132. The Kier molecular flexibility index (Phi) is 10.0. The molecular weight excluding hydrogens is 649 g/mol. The van der Waals surface area contributed by atoms with Crippen molar-refractivity contribution in [3.63, 3.8) is 0 Å². The van der Waals surface area contributed by atoms with Gasteiger partial charge >= 0.3 is 12.5 Å². The summed E-state index contributed by atoms with van der Waals surface area (Å²) in [6.07, 6.45) is -3.82. The molecular formula is C36H26F9NO2. The van der Waals surface area contributed by atoms with Crippen LogP contribution in [0.15, 0.2) is 91.1 Å². The second-order valence-electron chi connectivity index (χ2n) is 10.9. The Morgan fingerprint density at radius 1 is 0.604 bits per heavy atom. The van der Waals surface area contributed by atoms with Crippen molar-refractivity contribution >= 4 is 0 Å². The van der Waals surface area contributed by atoms with Gasteiger partial charge in [-0.15, -0.1) is 13.2 Å². The van der Waals surface area contributed by atoms with Gasteiger partial charge in [0.05, 0.1) is 5.69 Å². The fourth-order valence-electron chi connectivity index (χ4n) is 5.04. The number of benzene rings is 4. The van der Waals surface area contributed by atoms with Gasteiger partial charge in [-0.1, -0.05) is 62.2 Å². The molecule has 0 N–H and O–H groups in total. The van der Waals surface area contributed by atoms with E-state index in [1.165, 1.54) is 12.1 Å². The topological polar surface area (TPSA) is 31.4 Å². The molecule has 0 fully saturated rings. The SMILES string of the molecule is CCCCCc1ccc(-c2ccc(-c3ccc(-c4cc(F)c(C(F)(F)Oc5ccc(OC(F)(F)F)c(F)c5)c(F)c4)c(F)c3)cc2)nc1. The molecule has 0 spiro atoms. The second-order valence-corrected chi connectivity index (χ2v) is 10.9. The Morgan fingerprint density at radius 2 is 1.25 bits per heavy atom. The number of hydrogen-bond donors (Lipinski definition) is 0. The number of unbranched alkanes of at least 4 members (excludes halogenated alkanes) is 2. The Hall–Kier alpha value is -5.00. The molecule has 12 heteroatoms. The summed E-state index contributed by atoms with van der Waals surface area (Å²) in [6.45, 7) is 2.14. The van der Waals surface area contributed by atoms with Gasteiger partial charge in [0.15, 0.2) is 11.6 Å². The number of hydrogen-bond acceptors (Lipinski definition) is 3. The highest BCUT2D eigenvalue weighted by molar-refractivity contribution is 5.73. The Morgan fingerprint density at radius 3 is 1.83 bits per heavy atom. The zero-order valence-corrected chi connectivity index (χ0v) is 25.2. The summed E-state index contributed by atoms with van der Waals surface area (Å²) >= 11 is 0. The lowest BCUT2D eigenvalue weighted by Crippen LogP contribution is -2.25. The molecule has 0 unspecified atom stereocenters. The first kappa shape index (κ1) is 34.3. The smallest absolute Gasteiger partial charge is 0.429 e. The van der Waals surface area contributed by atoms with E-state index in [2.05, 4.69) is 21.4 Å². The summed E-state index contributed by atoms with van der Waals surface area (Å²) in [6, 6.07) is 17.0. The Bertz CT molecular complexity index is 1870. The van der Waals surface area contributed by atoms with Crippen molar-refractivity contribution in [1.82, 2.24) is 4.98 Å². The maximum absolute atomic E-state index is 15.2. The Labute approximate surface area is 269 Å². The number of aromatic nitrogens is 1. The van der Waals surface area contributed by atoms with Gasteiger partial charge in [-0.3, -0.25) is 4.98 Å². The molecule has 250 valence electrons. The van der Waals surface area contributed by atoms with E-state index in [1.807, 2.05) is 30.5 Å². The van der Waals surface area contributed by atoms with Crippen LogP contribution in [0, 0.1) is 23.3 Å². The van der Waals surface area contributed by atoms with Gasteiger partial charge < -0.3 is 9.47 Å². The third-order valence-electron chi connectivity index (χ3n) is 7.40. The minimum atomic E-state index is -5.26. The van der Waals surface area contributed by atoms with Crippen LogP contribution < -0.4 is 9.47 Å². The third kappa shape index (κ3) is 8.10. The average Bonchev–Trinajstić information content (AvgIpc) is 3.01. The fraction of sp³-hybridized carbons (Fsp3) is 0.194. The quantitative estimate of drug-likeness (QED) is 0.103. The minimum Gasteiger partial charge on any atom is -0.429 e. The monoisotopic (exact) mass is 675 g/mol. The summed E-state index contributed by atoms with van der Waals surface area (Å²) in [5.74, 6) is -8.60. The molecule has 0 aliphatic carbocycles. The van der Waals surface area contributed by atoms with E-state index in [-0.39, 0.29) is 11.6 Å². The number of nitrogens with zero attached hydrogens (tertiary/aromatic N) is 1. The molecule has 1 heterocycles. The molecule has 48 heavy (non-hydrogen) atoms. The van der Waals surface area contributed by atoms with Gasteiger partial charge in [-0.25, -0.2) is 17.6 Å². The van der Waals surface area contributed by atoms with Crippen LogP contribution in [0.5, 0.6) is 11.5 Å². The first-order chi connectivity index (χ1) is 22.7. The predicted octanol–water partition coefficient (Wildman–Crippen LogP) is 11.4. The number of rotatable bonds is 11. The summed E-state index contributed by atoms with van der Waals surface area (Å²) in [7, 11) is 0. The van der Waals surface area contributed by atoms with Crippen molar-refractivity contribution in [3.05, 3.63) is 126 Å². The first-order valence-electron chi connectivity index (χ1n) is 14.7. The van der Waals surface area contributed by atoms with E-state index < -0.39 is 58.4 Å². The molecule has 4 aromatic carbocycles. The lowest BCUT2D eigenvalue weighted by molar-refractivity contribution is -0.275.